The molecule has 2 rings (SSSR count). The van der Waals surface area contributed by atoms with E-state index in [1.54, 1.807) is 13.2 Å². The van der Waals surface area contributed by atoms with Gasteiger partial charge in [-0.15, -0.1) is 0 Å². The van der Waals surface area contributed by atoms with Crippen LogP contribution in [0.25, 0.3) is 6.08 Å². The first-order valence-electron chi connectivity index (χ1n) is 7.48. The van der Waals surface area contributed by atoms with Crippen LogP contribution in [0, 0.1) is 0 Å². The zero-order valence-corrected chi connectivity index (χ0v) is 12.5. The number of benzene rings is 1. The Hall–Kier alpha value is -1.81. The summed E-state index contributed by atoms with van der Waals surface area (Å²) < 4.78 is 5.17. The summed E-state index contributed by atoms with van der Waals surface area (Å²) in [6.45, 7) is 0.917. The molecule has 1 N–H and O–H groups in total. The molecule has 1 atom stereocenters. The third kappa shape index (κ3) is 4.33. The van der Waals surface area contributed by atoms with Gasteiger partial charge in [0.25, 0.3) is 0 Å². The van der Waals surface area contributed by atoms with Crippen LogP contribution < -0.4 is 4.74 Å². The Balaban J connectivity index is 2.03. The smallest absolute Gasteiger partial charge is 0.246 e. The van der Waals surface area contributed by atoms with Crippen molar-refractivity contribution in [3.8, 4) is 5.75 Å². The fourth-order valence-corrected chi connectivity index (χ4v) is 2.75. The molecule has 4 heteroatoms. The summed E-state index contributed by atoms with van der Waals surface area (Å²) in [7, 11) is 1.63. The van der Waals surface area contributed by atoms with Gasteiger partial charge >= 0.3 is 0 Å². The van der Waals surface area contributed by atoms with Gasteiger partial charge in [-0.3, -0.25) is 4.79 Å². The lowest BCUT2D eigenvalue weighted by molar-refractivity contribution is -0.129. The number of piperidine rings is 1. The van der Waals surface area contributed by atoms with Gasteiger partial charge in [-0.1, -0.05) is 12.1 Å². The van der Waals surface area contributed by atoms with Crippen molar-refractivity contribution in [3.63, 3.8) is 0 Å². The van der Waals surface area contributed by atoms with Gasteiger partial charge < -0.3 is 14.7 Å². The molecule has 1 fully saturated rings. The number of amides is 1. The van der Waals surface area contributed by atoms with Crippen LogP contribution in [0.1, 0.15) is 31.2 Å². The molecule has 1 aliphatic heterocycles. The maximum atomic E-state index is 12.3. The normalized spacial score (nSPS) is 19.0. The highest BCUT2D eigenvalue weighted by Gasteiger charge is 2.24. The van der Waals surface area contributed by atoms with Crippen LogP contribution >= 0.6 is 0 Å². The van der Waals surface area contributed by atoms with Crippen molar-refractivity contribution in [2.45, 2.75) is 31.7 Å². The van der Waals surface area contributed by atoms with E-state index in [9.17, 15) is 4.79 Å². The Bertz CT molecular complexity index is 497. The number of carbonyl (C=O) groups is 1. The van der Waals surface area contributed by atoms with Crippen LogP contribution in [0.2, 0.25) is 0 Å². The summed E-state index contributed by atoms with van der Waals surface area (Å²) >= 11 is 0. The lowest BCUT2D eigenvalue weighted by atomic mass is 9.99. The van der Waals surface area contributed by atoms with Crippen LogP contribution in [0.4, 0.5) is 0 Å². The summed E-state index contributed by atoms with van der Waals surface area (Å²) in [5.41, 5.74) is 0.943. The van der Waals surface area contributed by atoms with E-state index in [1.807, 2.05) is 35.2 Å². The number of likely N-dealkylation sites (tertiary alicyclic amines) is 1. The minimum absolute atomic E-state index is 0.0240. The van der Waals surface area contributed by atoms with Crippen LogP contribution in [0.15, 0.2) is 30.3 Å². The van der Waals surface area contributed by atoms with E-state index in [2.05, 4.69) is 0 Å². The second-order valence-corrected chi connectivity index (χ2v) is 5.30. The van der Waals surface area contributed by atoms with Gasteiger partial charge in [0.15, 0.2) is 0 Å². The highest BCUT2D eigenvalue weighted by Crippen LogP contribution is 2.20. The SMILES string of the molecule is COc1cccc(/C=C/C(=O)N2CCCCC2CCO)c1. The van der Waals surface area contributed by atoms with E-state index >= 15 is 0 Å². The minimum Gasteiger partial charge on any atom is -0.497 e. The second-order valence-electron chi connectivity index (χ2n) is 5.30. The molecule has 1 saturated heterocycles. The molecule has 0 saturated carbocycles. The molecule has 0 aromatic heterocycles. The number of aliphatic hydroxyl groups excluding tert-OH is 1. The van der Waals surface area contributed by atoms with E-state index < -0.39 is 0 Å². The zero-order chi connectivity index (χ0) is 15.1. The van der Waals surface area contributed by atoms with Gasteiger partial charge in [0.1, 0.15) is 5.75 Å². The number of ether oxygens (including phenoxy) is 1. The lowest BCUT2D eigenvalue weighted by Crippen LogP contribution is -2.43. The Labute approximate surface area is 126 Å². The number of hydrogen-bond donors (Lipinski definition) is 1. The van der Waals surface area contributed by atoms with Gasteiger partial charge in [-0.05, 0) is 49.5 Å². The average Bonchev–Trinajstić information content (AvgIpc) is 2.53. The van der Waals surface area contributed by atoms with Gasteiger partial charge in [0, 0.05) is 25.3 Å². The predicted molar refractivity (Wildman–Crippen MR) is 83.1 cm³/mol. The lowest BCUT2D eigenvalue weighted by Gasteiger charge is -2.34. The van der Waals surface area contributed by atoms with Gasteiger partial charge in [0.2, 0.25) is 5.91 Å². The van der Waals surface area contributed by atoms with Gasteiger partial charge in [-0.25, -0.2) is 0 Å². The number of hydrogen-bond acceptors (Lipinski definition) is 3. The molecular formula is C17H23NO3. The van der Waals surface area contributed by atoms with Crippen LogP contribution in [-0.2, 0) is 4.79 Å². The fourth-order valence-electron chi connectivity index (χ4n) is 2.75. The van der Waals surface area contributed by atoms with Crippen molar-refractivity contribution >= 4 is 12.0 Å². The largest absolute Gasteiger partial charge is 0.497 e. The quantitative estimate of drug-likeness (QED) is 0.847. The molecule has 0 aliphatic carbocycles. The number of methoxy groups -OCH3 is 1. The second kappa shape index (κ2) is 7.84. The van der Waals surface area contributed by atoms with Crippen LogP contribution in [0.5, 0.6) is 5.75 Å². The van der Waals surface area contributed by atoms with Crippen molar-refractivity contribution in [3.05, 3.63) is 35.9 Å². The number of rotatable bonds is 5. The monoisotopic (exact) mass is 289 g/mol. The summed E-state index contributed by atoms with van der Waals surface area (Å²) in [5, 5.41) is 9.11. The topological polar surface area (TPSA) is 49.8 Å². The van der Waals surface area contributed by atoms with Gasteiger partial charge in [-0.2, -0.15) is 0 Å². The van der Waals surface area contributed by atoms with Crippen molar-refractivity contribution in [2.75, 3.05) is 20.3 Å². The third-order valence-corrected chi connectivity index (χ3v) is 3.88. The first-order valence-corrected chi connectivity index (χ1v) is 7.48. The standard InChI is InChI=1S/C17H23NO3/c1-21-16-7-4-5-14(13-16)8-9-17(20)18-11-3-2-6-15(18)10-12-19/h4-5,7-9,13,15,19H,2-3,6,10-12H2,1H3/b9-8+. The number of carbonyl (C=O) groups excluding carboxylic acids is 1. The van der Waals surface area contributed by atoms with Crippen LogP contribution in [0.3, 0.4) is 0 Å². The van der Waals surface area contributed by atoms with E-state index in [1.165, 1.54) is 0 Å². The third-order valence-electron chi connectivity index (χ3n) is 3.88. The number of aliphatic hydroxyl groups is 1. The first-order chi connectivity index (χ1) is 10.2. The van der Waals surface area contributed by atoms with Crippen molar-refractivity contribution in [1.82, 2.24) is 4.90 Å². The van der Waals surface area contributed by atoms with Crippen LogP contribution in [-0.4, -0.2) is 42.2 Å². The Kier molecular flexibility index (Phi) is 5.81. The Morgan fingerprint density at radius 2 is 2.33 bits per heavy atom. The van der Waals surface area contributed by atoms with E-state index in [0.29, 0.717) is 6.42 Å². The number of nitrogens with zero attached hydrogens (tertiary/aromatic N) is 1. The molecule has 0 bridgehead atoms. The molecular weight excluding hydrogens is 266 g/mol. The molecule has 4 nitrogen and oxygen atoms in total. The molecule has 1 amide bonds. The first kappa shape index (κ1) is 15.6. The summed E-state index contributed by atoms with van der Waals surface area (Å²) in [6, 6.07) is 7.78. The summed E-state index contributed by atoms with van der Waals surface area (Å²) in [5.74, 6) is 0.802. The van der Waals surface area contributed by atoms with Crippen molar-refractivity contribution < 1.29 is 14.6 Å². The van der Waals surface area contributed by atoms with Crippen molar-refractivity contribution in [2.24, 2.45) is 0 Å². The predicted octanol–water partition coefficient (Wildman–Crippen LogP) is 2.47. The maximum absolute atomic E-state index is 12.3. The molecule has 0 spiro atoms. The minimum atomic E-state index is 0.0240. The molecule has 1 heterocycles. The molecule has 1 unspecified atom stereocenters. The van der Waals surface area contributed by atoms with Gasteiger partial charge in [0.05, 0.1) is 7.11 Å². The van der Waals surface area contributed by atoms with E-state index in [-0.39, 0.29) is 18.6 Å². The Morgan fingerprint density at radius 3 is 3.10 bits per heavy atom. The maximum Gasteiger partial charge on any atom is 0.246 e. The average molecular weight is 289 g/mol. The highest BCUT2D eigenvalue weighted by molar-refractivity contribution is 5.92. The molecule has 1 aliphatic rings. The molecule has 0 radical (unpaired) electrons. The molecule has 1 aromatic rings. The highest BCUT2D eigenvalue weighted by atomic mass is 16.5. The Morgan fingerprint density at radius 1 is 1.48 bits per heavy atom. The van der Waals surface area contributed by atoms with E-state index in [4.69, 9.17) is 9.84 Å². The van der Waals surface area contributed by atoms with Crippen molar-refractivity contribution in [1.29, 1.82) is 0 Å². The fraction of sp³-hybridized carbons (Fsp3) is 0.471. The zero-order valence-electron chi connectivity index (χ0n) is 12.5. The molecule has 1 aromatic carbocycles. The summed E-state index contributed by atoms with van der Waals surface area (Å²) in [6.07, 6.45) is 7.26. The van der Waals surface area contributed by atoms with E-state index in [0.717, 1.165) is 37.1 Å². The molecule has 21 heavy (non-hydrogen) atoms. The molecule has 114 valence electrons. The summed E-state index contributed by atoms with van der Waals surface area (Å²) in [4.78, 5) is 14.2.